The lowest BCUT2D eigenvalue weighted by Gasteiger charge is -2.32. The second-order valence-electron chi connectivity index (χ2n) is 7.76. The lowest BCUT2D eigenvalue weighted by molar-refractivity contribution is -0.139. The summed E-state index contributed by atoms with van der Waals surface area (Å²) in [5.41, 5.74) is 2.28. The monoisotopic (exact) mass is 409 g/mol. The normalized spacial score (nSPS) is 14.8. The van der Waals surface area contributed by atoms with Crippen molar-refractivity contribution in [3.63, 3.8) is 0 Å². The Morgan fingerprint density at radius 1 is 0.933 bits per heavy atom. The van der Waals surface area contributed by atoms with E-state index in [-0.39, 0.29) is 0 Å². The molecule has 1 aliphatic heterocycles. The number of amides is 2. The fourth-order valence-corrected chi connectivity index (χ4v) is 3.67. The number of nitrogens with one attached hydrogen (secondary N) is 2. The van der Waals surface area contributed by atoms with Crippen LogP contribution in [0.1, 0.15) is 24.0 Å². The van der Waals surface area contributed by atoms with Crippen molar-refractivity contribution in [2.24, 2.45) is 5.92 Å². The van der Waals surface area contributed by atoms with Gasteiger partial charge in [0.25, 0.3) is 0 Å². The van der Waals surface area contributed by atoms with Crippen molar-refractivity contribution < 1.29 is 14.3 Å². The summed E-state index contributed by atoms with van der Waals surface area (Å²) in [5, 5.41) is 5.45. The molecule has 2 amide bonds. The molecule has 0 radical (unpaired) electrons. The fraction of sp³-hybridized carbons (Fsp3) is 0.417. The molecule has 2 aromatic rings. The van der Waals surface area contributed by atoms with E-state index < -0.39 is 11.8 Å². The molecular weight excluding hydrogens is 378 g/mol. The second-order valence-corrected chi connectivity index (χ2v) is 7.76. The summed E-state index contributed by atoms with van der Waals surface area (Å²) in [6.07, 6.45) is 3.15. The molecule has 1 aliphatic rings. The molecule has 6 heteroatoms. The average Bonchev–Trinajstić information content (AvgIpc) is 2.81. The summed E-state index contributed by atoms with van der Waals surface area (Å²) in [4.78, 5) is 26.6. The van der Waals surface area contributed by atoms with Crippen LogP contribution >= 0.6 is 0 Å². The predicted molar refractivity (Wildman–Crippen MR) is 117 cm³/mol. The molecule has 0 atom stereocenters. The maximum absolute atomic E-state index is 12.1. The molecule has 6 nitrogen and oxygen atoms in total. The van der Waals surface area contributed by atoms with Gasteiger partial charge >= 0.3 is 11.8 Å². The van der Waals surface area contributed by atoms with Gasteiger partial charge in [-0.15, -0.1) is 0 Å². The molecule has 3 rings (SSSR count). The van der Waals surface area contributed by atoms with E-state index in [0.29, 0.717) is 19.0 Å². The standard InChI is InChI=1S/C24H31N3O3/c1-30-22-9-7-20(8-10-22)17-25-23(28)24(29)26-18-21-12-15-27(16-13-21)14-11-19-5-3-2-4-6-19/h2-10,21H,11-18H2,1H3,(H,25,28)(H,26,29). The Morgan fingerprint density at radius 2 is 1.60 bits per heavy atom. The van der Waals surface area contributed by atoms with E-state index in [9.17, 15) is 9.59 Å². The first-order valence-electron chi connectivity index (χ1n) is 10.6. The van der Waals surface area contributed by atoms with Gasteiger partial charge in [0.1, 0.15) is 5.75 Å². The summed E-state index contributed by atoms with van der Waals surface area (Å²) in [6, 6.07) is 17.9. The lowest BCUT2D eigenvalue weighted by atomic mass is 9.96. The highest BCUT2D eigenvalue weighted by Gasteiger charge is 2.21. The molecule has 2 N–H and O–H groups in total. The third kappa shape index (κ3) is 6.88. The first kappa shape index (κ1) is 21.8. The van der Waals surface area contributed by atoms with Crippen molar-refractivity contribution >= 4 is 11.8 Å². The number of hydrogen-bond acceptors (Lipinski definition) is 4. The van der Waals surface area contributed by atoms with Crippen LogP contribution in [0.3, 0.4) is 0 Å². The molecule has 0 spiro atoms. The number of rotatable bonds is 8. The van der Waals surface area contributed by atoms with Gasteiger partial charge in [0, 0.05) is 19.6 Å². The summed E-state index contributed by atoms with van der Waals surface area (Å²) in [5.74, 6) is 0.0337. The largest absolute Gasteiger partial charge is 0.497 e. The molecule has 30 heavy (non-hydrogen) atoms. The number of hydrogen-bond donors (Lipinski definition) is 2. The van der Waals surface area contributed by atoms with Crippen LogP contribution in [0.5, 0.6) is 5.75 Å². The van der Waals surface area contributed by atoms with Gasteiger partial charge in [-0.3, -0.25) is 9.59 Å². The Morgan fingerprint density at radius 3 is 2.27 bits per heavy atom. The summed E-state index contributed by atoms with van der Waals surface area (Å²) < 4.78 is 5.11. The third-order valence-corrected chi connectivity index (χ3v) is 5.64. The zero-order valence-corrected chi connectivity index (χ0v) is 17.6. The molecule has 0 bridgehead atoms. The maximum Gasteiger partial charge on any atom is 0.309 e. The highest BCUT2D eigenvalue weighted by atomic mass is 16.5. The van der Waals surface area contributed by atoms with Gasteiger partial charge in [0.2, 0.25) is 0 Å². The molecule has 160 valence electrons. The smallest absolute Gasteiger partial charge is 0.309 e. The van der Waals surface area contributed by atoms with E-state index in [4.69, 9.17) is 4.74 Å². The van der Waals surface area contributed by atoms with Gasteiger partial charge < -0.3 is 20.3 Å². The summed E-state index contributed by atoms with van der Waals surface area (Å²) in [7, 11) is 1.61. The Kier molecular flexibility index (Phi) is 8.27. The Balaban J connectivity index is 1.30. The molecular formula is C24H31N3O3. The van der Waals surface area contributed by atoms with E-state index >= 15 is 0 Å². The van der Waals surface area contributed by atoms with Crippen molar-refractivity contribution in [1.29, 1.82) is 0 Å². The first-order chi connectivity index (χ1) is 14.6. The zero-order chi connectivity index (χ0) is 21.2. The minimum absolute atomic E-state index is 0.316. The molecule has 2 aromatic carbocycles. The van der Waals surface area contributed by atoms with Crippen LogP contribution in [0.15, 0.2) is 54.6 Å². The van der Waals surface area contributed by atoms with E-state index in [1.165, 1.54) is 5.56 Å². The van der Waals surface area contributed by atoms with Crippen molar-refractivity contribution in [2.45, 2.75) is 25.8 Å². The molecule has 0 aliphatic carbocycles. The van der Waals surface area contributed by atoms with E-state index in [1.54, 1.807) is 7.11 Å². The molecule has 0 aromatic heterocycles. The van der Waals surface area contributed by atoms with Gasteiger partial charge in [-0.05, 0) is 61.5 Å². The highest BCUT2D eigenvalue weighted by molar-refractivity contribution is 6.35. The van der Waals surface area contributed by atoms with E-state index in [1.807, 2.05) is 30.3 Å². The SMILES string of the molecule is COc1ccc(CNC(=O)C(=O)NCC2CCN(CCc3ccccc3)CC2)cc1. The minimum Gasteiger partial charge on any atom is -0.497 e. The van der Waals surface area contributed by atoms with Crippen LogP contribution in [0.25, 0.3) is 0 Å². The molecule has 1 heterocycles. The number of ether oxygens (including phenoxy) is 1. The van der Waals surface area contributed by atoms with Crippen LogP contribution in [0, 0.1) is 5.92 Å². The number of carbonyl (C=O) groups is 2. The molecule has 1 fully saturated rings. The van der Waals surface area contributed by atoms with Crippen molar-refractivity contribution in [2.75, 3.05) is 33.3 Å². The van der Waals surface area contributed by atoms with Crippen LogP contribution in [-0.4, -0.2) is 50.0 Å². The van der Waals surface area contributed by atoms with Crippen LogP contribution in [-0.2, 0) is 22.6 Å². The molecule has 0 saturated carbocycles. The van der Waals surface area contributed by atoms with Crippen molar-refractivity contribution in [1.82, 2.24) is 15.5 Å². The molecule has 1 saturated heterocycles. The summed E-state index contributed by atoms with van der Waals surface area (Å²) >= 11 is 0. The van der Waals surface area contributed by atoms with Gasteiger partial charge in [-0.1, -0.05) is 42.5 Å². The van der Waals surface area contributed by atoms with Crippen molar-refractivity contribution in [3.8, 4) is 5.75 Å². The van der Waals surface area contributed by atoms with Crippen molar-refractivity contribution in [3.05, 3.63) is 65.7 Å². The number of benzene rings is 2. The van der Waals surface area contributed by atoms with Gasteiger partial charge in [0.05, 0.1) is 7.11 Å². The predicted octanol–water partition coefficient (Wildman–Crippen LogP) is 2.38. The Hall–Kier alpha value is -2.86. The van der Waals surface area contributed by atoms with Crippen LogP contribution in [0.2, 0.25) is 0 Å². The van der Waals surface area contributed by atoms with Gasteiger partial charge in [0.15, 0.2) is 0 Å². The maximum atomic E-state index is 12.1. The average molecular weight is 410 g/mol. The fourth-order valence-electron chi connectivity index (χ4n) is 3.67. The quantitative estimate of drug-likeness (QED) is 0.657. The van der Waals surface area contributed by atoms with Gasteiger partial charge in [-0.25, -0.2) is 0 Å². The summed E-state index contributed by atoms with van der Waals surface area (Å²) in [6.45, 7) is 4.02. The van der Waals surface area contributed by atoms with Crippen LogP contribution < -0.4 is 15.4 Å². The van der Waals surface area contributed by atoms with Crippen LogP contribution in [0.4, 0.5) is 0 Å². The topological polar surface area (TPSA) is 70.7 Å². The van der Waals surface area contributed by atoms with Gasteiger partial charge in [-0.2, -0.15) is 0 Å². The Bertz CT molecular complexity index is 800. The number of likely N-dealkylation sites (tertiary alicyclic amines) is 1. The minimum atomic E-state index is -0.592. The second kappa shape index (κ2) is 11.4. The molecule has 0 unspecified atom stereocenters. The number of piperidine rings is 1. The Labute approximate surface area is 178 Å². The number of carbonyl (C=O) groups excluding carboxylic acids is 2. The highest BCUT2D eigenvalue weighted by Crippen LogP contribution is 2.17. The zero-order valence-electron chi connectivity index (χ0n) is 17.6. The number of nitrogens with zero attached hydrogens (tertiary/aromatic N) is 1. The first-order valence-corrected chi connectivity index (χ1v) is 10.6. The van der Waals surface area contributed by atoms with E-state index in [2.05, 4.69) is 39.8 Å². The third-order valence-electron chi connectivity index (χ3n) is 5.64. The number of methoxy groups -OCH3 is 1. The lowest BCUT2D eigenvalue weighted by Crippen LogP contribution is -2.43. The van der Waals surface area contributed by atoms with E-state index in [0.717, 1.165) is 50.2 Å².